The topological polar surface area (TPSA) is 48.0 Å². The Morgan fingerprint density at radius 1 is 1.19 bits per heavy atom. The van der Waals surface area contributed by atoms with E-state index in [0.29, 0.717) is 43.2 Å². The van der Waals surface area contributed by atoms with Gasteiger partial charge >= 0.3 is 5.97 Å². The van der Waals surface area contributed by atoms with Crippen LogP contribution in [-0.2, 0) is 4.79 Å². The van der Waals surface area contributed by atoms with E-state index in [-0.39, 0.29) is 5.97 Å². The molecule has 0 fully saturated rings. The molecule has 0 aromatic heterocycles. The van der Waals surface area contributed by atoms with Crippen LogP contribution in [0.2, 0.25) is 0 Å². The van der Waals surface area contributed by atoms with E-state index in [9.17, 15) is 4.79 Å². The lowest BCUT2D eigenvalue weighted by atomic mass is 10.2. The fourth-order valence-electron chi connectivity index (χ4n) is 2.80. The van der Waals surface area contributed by atoms with Gasteiger partial charge in [-0.05, 0) is 31.2 Å². The van der Waals surface area contributed by atoms with E-state index in [2.05, 4.69) is 16.7 Å². The van der Waals surface area contributed by atoms with E-state index >= 15 is 0 Å². The lowest BCUT2D eigenvalue weighted by Crippen LogP contribution is -2.32. The van der Waals surface area contributed by atoms with Gasteiger partial charge in [0.05, 0.1) is 30.9 Å². The van der Waals surface area contributed by atoms with E-state index in [1.165, 1.54) is 0 Å². The molecule has 3 rings (SSSR count). The quantitative estimate of drug-likeness (QED) is 0.460. The minimum atomic E-state index is -0.300. The van der Waals surface area contributed by atoms with Crippen molar-refractivity contribution in [2.24, 2.45) is 0 Å². The Labute approximate surface area is 159 Å². The second kappa shape index (κ2) is 9.00. The third-order valence-electron chi connectivity index (χ3n) is 4.10. The Hall–Kier alpha value is -3.13. The smallest absolute Gasteiger partial charge is 0.311 e. The molecule has 2 aromatic rings. The third kappa shape index (κ3) is 4.53. The molecule has 1 aliphatic heterocycles. The predicted molar refractivity (Wildman–Crippen MR) is 105 cm³/mol. The summed E-state index contributed by atoms with van der Waals surface area (Å²) >= 11 is 0. The summed E-state index contributed by atoms with van der Waals surface area (Å²) in [5.41, 5.74) is 1.76. The molecule has 2 aromatic carbocycles. The number of fused-ring (bicyclic) bond motifs is 1. The van der Waals surface area contributed by atoms with Crippen molar-refractivity contribution in [2.75, 3.05) is 31.2 Å². The van der Waals surface area contributed by atoms with Gasteiger partial charge in [-0.1, -0.05) is 37.0 Å². The fraction of sp³-hybridized carbons (Fsp3) is 0.318. The molecule has 27 heavy (non-hydrogen) atoms. The number of anilines is 1. The average Bonchev–Trinajstić information content (AvgIpc) is 2.70. The number of ether oxygens (including phenoxy) is 3. The van der Waals surface area contributed by atoms with Crippen molar-refractivity contribution in [3.05, 3.63) is 48.0 Å². The van der Waals surface area contributed by atoms with Gasteiger partial charge in [0.2, 0.25) is 0 Å². The van der Waals surface area contributed by atoms with Gasteiger partial charge in [0.25, 0.3) is 0 Å². The van der Waals surface area contributed by atoms with Crippen molar-refractivity contribution in [3.8, 4) is 29.1 Å². The fourth-order valence-corrected chi connectivity index (χ4v) is 2.80. The zero-order chi connectivity index (χ0) is 19.1. The molecule has 0 saturated heterocycles. The molecule has 0 aliphatic carbocycles. The summed E-state index contributed by atoms with van der Waals surface area (Å²) in [5, 5.41) is 0. The van der Waals surface area contributed by atoms with Crippen molar-refractivity contribution < 1.29 is 19.0 Å². The van der Waals surface area contributed by atoms with E-state index in [0.717, 1.165) is 18.0 Å². The average molecular weight is 365 g/mol. The Morgan fingerprint density at radius 3 is 2.85 bits per heavy atom. The van der Waals surface area contributed by atoms with Crippen LogP contribution in [0, 0.1) is 11.8 Å². The lowest BCUT2D eigenvalue weighted by molar-refractivity contribution is -0.134. The zero-order valence-corrected chi connectivity index (χ0v) is 15.7. The number of benzene rings is 2. The summed E-state index contributed by atoms with van der Waals surface area (Å²) in [5.74, 6) is 7.87. The highest BCUT2D eigenvalue weighted by atomic mass is 16.6. The normalized spacial score (nSPS) is 12.3. The van der Waals surface area contributed by atoms with Crippen LogP contribution in [0.3, 0.4) is 0 Å². The number of nitrogens with zero attached hydrogens (tertiary/aromatic N) is 1. The van der Waals surface area contributed by atoms with Crippen LogP contribution in [0.25, 0.3) is 0 Å². The van der Waals surface area contributed by atoms with Crippen LogP contribution in [0.1, 0.15) is 25.8 Å². The number of carbonyl (C=O) groups excluding carboxylic acids is 1. The molecule has 140 valence electrons. The van der Waals surface area contributed by atoms with Gasteiger partial charge in [-0.25, -0.2) is 0 Å². The molecule has 0 unspecified atom stereocenters. The number of hydrogen-bond donors (Lipinski definition) is 0. The summed E-state index contributed by atoms with van der Waals surface area (Å²) in [6.07, 6.45) is 0.303. The van der Waals surface area contributed by atoms with Crippen molar-refractivity contribution in [2.45, 2.75) is 20.3 Å². The summed E-state index contributed by atoms with van der Waals surface area (Å²) in [6, 6.07) is 13.4. The number of para-hydroxylation sites is 3. The minimum Gasteiger partial charge on any atom is -0.490 e. The standard InChI is InChI=1S/C22H23NO4/c1-3-21(24)27-20-13-7-9-17(22(20)25-4-2)10-8-14-23-15-16-26-19-12-6-5-11-18(19)23/h5-7,9,11-13H,3-4,14-16H2,1-2H3. The number of carbonyl (C=O) groups is 1. The predicted octanol–water partition coefficient (Wildman–Crippen LogP) is 3.65. The largest absolute Gasteiger partial charge is 0.490 e. The molecule has 5 heteroatoms. The van der Waals surface area contributed by atoms with Crippen molar-refractivity contribution in [1.29, 1.82) is 0 Å². The number of esters is 1. The highest BCUT2D eigenvalue weighted by Gasteiger charge is 2.16. The molecule has 1 heterocycles. The van der Waals surface area contributed by atoms with Gasteiger partial charge in [0, 0.05) is 6.42 Å². The molecule has 5 nitrogen and oxygen atoms in total. The maximum atomic E-state index is 11.7. The summed E-state index contributed by atoms with van der Waals surface area (Å²) in [7, 11) is 0. The summed E-state index contributed by atoms with van der Waals surface area (Å²) < 4.78 is 16.7. The van der Waals surface area contributed by atoms with Crippen molar-refractivity contribution >= 4 is 11.7 Å². The van der Waals surface area contributed by atoms with Gasteiger partial charge < -0.3 is 19.1 Å². The maximum absolute atomic E-state index is 11.7. The van der Waals surface area contributed by atoms with Crippen LogP contribution in [0.15, 0.2) is 42.5 Å². The SMILES string of the molecule is CCOc1c(C#CCN2CCOc3ccccc32)cccc1OC(=O)CC. The molecule has 0 amide bonds. The molecular formula is C22H23NO4. The first kappa shape index (κ1) is 18.7. The Morgan fingerprint density at radius 2 is 2.04 bits per heavy atom. The minimum absolute atomic E-state index is 0.300. The van der Waals surface area contributed by atoms with Gasteiger partial charge in [0.15, 0.2) is 11.5 Å². The van der Waals surface area contributed by atoms with E-state index in [1.807, 2.05) is 43.3 Å². The summed E-state index contributed by atoms with van der Waals surface area (Å²) in [4.78, 5) is 13.8. The van der Waals surface area contributed by atoms with E-state index < -0.39 is 0 Å². The molecule has 0 saturated carbocycles. The molecule has 0 N–H and O–H groups in total. The molecular weight excluding hydrogens is 342 g/mol. The second-order valence-corrected chi connectivity index (χ2v) is 5.93. The van der Waals surface area contributed by atoms with Gasteiger partial charge in [-0.2, -0.15) is 0 Å². The number of hydrogen-bond acceptors (Lipinski definition) is 5. The van der Waals surface area contributed by atoms with Crippen LogP contribution in [0.4, 0.5) is 5.69 Å². The van der Waals surface area contributed by atoms with Crippen LogP contribution >= 0.6 is 0 Å². The van der Waals surface area contributed by atoms with Crippen LogP contribution in [-0.4, -0.2) is 32.3 Å². The van der Waals surface area contributed by atoms with E-state index in [1.54, 1.807) is 13.0 Å². The zero-order valence-electron chi connectivity index (χ0n) is 15.7. The molecule has 0 atom stereocenters. The van der Waals surface area contributed by atoms with Gasteiger partial charge in [0.1, 0.15) is 12.4 Å². The van der Waals surface area contributed by atoms with E-state index in [4.69, 9.17) is 14.2 Å². The van der Waals surface area contributed by atoms with Crippen LogP contribution < -0.4 is 19.1 Å². The second-order valence-electron chi connectivity index (χ2n) is 5.93. The molecule has 0 radical (unpaired) electrons. The first-order valence-electron chi connectivity index (χ1n) is 9.15. The Kier molecular flexibility index (Phi) is 6.22. The molecule has 0 spiro atoms. The number of rotatable bonds is 5. The van der Waals surface area contributed by atoms with Gasteiger partial charge in [-0.15, -0.1) is 0 Å². The van der Waals surface area contributed by atoms with Crippen molar-refractivity contribution in [1.82, 2.24) is 0 Å². The first-order valence-corrected chi connectivity index (χ1v) is 9.15. The maximum Gasteiger partial charge on any atom is 0.311 e. The Bertz CT molecular complexity index is 866. The van der Waals surface area contributed by atoms with Crippen LogP contribution in [0.5, 0.6) is 17.2 Å². The monoisotopic (exact) mass is 365 g/mol. The molecule has 1 aliphatic rings. The summed E-state index contributed by atoms with van der Waals surface area (Å²) in [6.45, 7) is 6.12. The van der Waals surface area contributed by atoms with Gasteiger partial charge in [-0.3, -0.25) is 4.79 Å². The third-order valence-corrected chi connectivity index (χ3v) is 4.10. The lowest BCUT2D eigenvalue weighted by Gasteiger charge is -2.29. The molecule has 0 bridgehead atoms. The Balaban J connectivity index is 1.80. The highest BCUT2D eigenvalue weighted by molar-refractivity contribution is 5.73. The van der Waals surface area contributed by atoms with Crippen molar-refractivity contribution in [3.63, 3.8) is 0 Å². The highest BCUT2D eigenvalue weighted by Crippen LogP contribution is 2.32. The first-order chi connectivity index (χ1) is 13.2.